The molecule has 1 unspecified atom stereocenters. The van der Waals surface area contributed by atoms with Gasteiger partial charge in [0, 0.05) is 6.42 Å². The lowest BCUT2D eigenvalue weighted by Gasteiger charge is -2.10. The molecule has 1 aliphatic heterocycles. The molecule has 6 heteroatoms. The molecule has 1 aliphatic rings. The smallest absolute Gasteiger partial charge is 0.343 e. The summed E-state index contributed by atoms with van der Waals surface area (Å²) in [6, 6.07) is 16.7. The van der Waals surface area contributed by atoms with Gasteiger partial charge in [-0.2, -0.15) is 5.26 Å². The van der Waals surface area contributed by atoms with Gasteiger partial charge in [0.05, 0.1) is 24.5 Å². The largest absolute Gasteiger partial charge is 0.482 e. The summed E-state index contributed by atoms with van der Waals surface area (Å²) in [6.45, 7) is -0.123. The maximum Gasteiger partial charge on any atom is 0.343 e. The third-order valence-electron chi connectivity index (χ3n) is 3.85. The first-order valence-corrected chi connectivity index (χ1v) is 7.72. The Morgan fingerprint density at radius 1 is 1.24 bits per heavy atom. The van der Waals surface area contributed by atoms with E-state index in [1.807, 2.05) is 24.3 Å². The molecule has 126 valence electrons. The van der Waals surface area contributed by atoms with E-state index in [2.05, 4.69) is 16.0 Å². The summed E-state index contributed by atoms with van der Waals surface area (Å²) in [5, 5.41) is 13.0. The predicted molar refractivity (Wildman–Crippen MR) is 90.1 cm³/mol. The number of ether oxygens (including phenoxy) is 2. The molecular formula is C19H16N2O4. The molecule has 0 N–H and O–H groups in total. The molecule has 3 rings (SSSR count). The Kier molecular flexibility index (Phi) is 4.95. The third-order valence-corrected chi connectivity index (χ3v) is 3.85. The molecule has 2 aromatic carbocycles. The van der Waals surface area contributed by atoms with Crippen molar-refractivity contribution < 1.29 is 19.1 Å². The van der Waals surface area contributed by atoms with Gasteiger partial charge < -0.3 is 14.3 Å². The summed E-state index contributed by atoms with van der Waals surface area (Å²) >= 11 is 0. The number of carbonyl (C=O) groups is 1. The molecule has 0 amide bonds. The Balaban J connectivity index is 1.61. The van der Waals surface area contributed by atoms with Gasteiger partial charge in [-0.3, -0.25) is 0 Å². The van der Waals surface area contributed by atoms with Crippen LogP contribution in [0.5, 0.6) is 5.75 Å². The zero-order valence-electron chi connectivity index (χ0n) is 13.6. The fraction of sp³-hybridized carbons (Fsp3) is 0.211. The lowest BCUT2D eigenvalue weighted by molar-refractivity contribution is -0.142. The highest BCUT2D eigenvalue weighted by Gasteiger charge is 2.23. The van der Waals surface area contributed by atoms with Crippen LogP contribution in [0.2, 0.25) is 0 Å². The second-order valence-electron chi connectivity index (χ2n) is 5.46. The Labute approximate surface area is 145 Å². The zero-order chi connectivity index (χ0) is 17.6. The summed E-state index contributed by atoms with van der Waals surface area (Å²) in [6.07, 6.45) is 0.481. The van der Waals surface area contributed by atoms with E-state index in [0.717, 1.165) is 16.8 Å². The van der Waals surface area contributed by atoms with Crippen molar-refractivity contribution in [2.45, 2.75) is 12.5 Å². The number of hydrogen-bond donors (Lipinski definition) is 0. The summed E-state index contributed by atoms with van der Waals surface area (Å²) in [5.74, 6) is 0.157. The standard InChI is InChI=1S/C19H16N2O4/c1-23-19(22)12-24-16-8-6-15(7-9-16)18-10-17(21-25-18)14-4-2-13(11-20)3-5-14/h2-9,18H,10,12H2,1H3. The Hall–Kier alpha value is -3.33. The van der Waals surface area contributed by atoms with Gasteiger partial charge in [0.2, 0.25) is 0 Å². The van der Waals surface area contributed by atoms with Crippen LogP contribution in [0, 0.1) is 11.3 Å². The van der Waals surface area contributed by atoms with E-state index in [0.29, 0.717) is 17.7 Å². The Bertz CT molecular complexity index is 820. The van der Waals surface area contributed by atoms with Crippen LogP contribution in [-0.4, -0.2) is 25.4 Å². The van der Waals surface area contributed by atoms with Gasteiger partial charge in [-0.05, 0) is 35.4 Å². The van der Waals surface area contributed by atoms with E-state index >= 15 is 0 Å². The van der Waals surface area contributed by atoms with Gasteiger partial charge in [-0.25, -0.2) is 4.79 Å². The van der Waals surface area contributed by atoms with Crippen LogP contribution in [-0.2, 0) is 14.4 Å². The van der Waals surface area contributed by atoms with Crippen LogP contribution < -0.4 is 4.74 Å². The minimum absolute atomic E-state index is 0.123. The summed E-state index contributed by atoms with van der Waals surface area (Å²) < 4.78 is 9.85. The number of methoxy groups -OCH3 is 1. The van der Waals surface area contributed by atoms with Crippen molar-refractivity contribution in [3.05, 3.63) is 65.2 Å². The molecule has 0 aliphatic carbocycles. The van der Waals surface area contributed by atoms with Crippen LogP contribution in [0.25, 0.3) is 0 Å². The van der Waals surface area contributed by atoms with E-state index in [1.165, 1.54) is 7.11 Å². The molecular weight excluding hydrogens is 320 g/mol. The van der Waals surface area contributed by atoms with Crippen molar-refractivity contribution in [2.75, 3.05) is 13.7 Å². The average molecular weight is 336 g/mol. The number of rotatable bonds is 5. The number of nitriles is 1. The maximum atomic E-state index is 11.1. The zero-order valence-corrected chi connectivity index (χ0v) is 13.6. The van der Waals surface area contributed by atoms with Crippen LogP contribution in [0.4, 0.5) is 0 Å². The van der Waals surface area contributed by atoms with Crippen LogP contribution in [0.15, 0.2) is 53.7 Å². The number of benzene rings is 2. The molecule has 1 atom stereocenters. The monoisotopic (exact) mass is 336 g/mol. The van der Waals surface area contributed by atoms with Crippen molar-refractivity contribution >= 4 is 11.7 Å². The van der Waals surface area contributed by atoms with Gasteiger partial charge in [-0.1, -0.05) is 29.4 Å². The Morgan fingerprint density at radius 2 is 1.96 bits per heavy atom. The van der Waals surface area contributed by atoms with Crippen LogP contribution in [0.3, 0.4) is 0 Å². The fourth-order valence-corrected chi connectivity index (χ4v) is 2.44. The highest BCUT2D eigenvalue weighted by Crippen LogP contribution is 2.30. The lowest BCUT2D eigenvalue weighted by Crippen LogP contribution is -2.12. The second kappa shape index (κ2) is 7.49. The quantitative estimate of drug-likeness (QED) is 0.784. The number of nitrogens with zero attached hydrogens (tertiary/aromatic N) is 2. The molecule has 1 heterocycles. The lowest BCUT2D eigenvalue weighted by atomic mass is 9.99. The first-order valence-electron chi connectivity index (χ1n) is 7.72. The normalized spacial score (nSPS) is 15.7. The van der Waals surface area contributed by atoms with E-state index in [4.69, 9.17) is 14.8 Å². The highest BCUT2D eigenvalue weighted by atomic mass is 16.6. The van der Waals surface area contributed by atoms with Crippen LogP contribution in [0.1, 0.15) is 29.2 Å². The van der Waals surface area contributed by atoms with Crippen molar-refractivity contribution in [3.63, 3.8) is 0 Å². The minimum Gasteiger partial charge on any atom is -0.482 e. The topological polar surface area (TPSA) is 80.9 Å². The van der Waals surface area contributed by atoms with Crippen molar-refractivity contribution in [1.82, 2.24) is 0 Å². The SMILES string of the molecule is COC(=O)COc1ccc(C2CC(c3ccc(C#N)cc3)=NO2)cc1. The van der Waals surface area contributed by atoms with Gasteiger partial charge in [-0.15, -0.1) is 0 Å². The van der Waals surface area contributed by atoms with Gasteiger partial charge >= 0.3 is 5.97 Å². The molecule has 0 saturated carbocycles. The van der Waals surface area contributed by atoms with Gasteiger partial charge in [0.1, 0.15) is 5.75 Å². The van der Waals surface area contributed by atoms with Crippen molar-refractivity contribution in [1.29, 1.82) is 5.26 Å². The molecule has 0 saturated heterocycles. The summed E-state index contributed by atoms with van der Waals surface area (Å²) in [5.41, 5.74) is 3.38. The van der Waals surface area contributed by atoms with Gasteiger partial charge in [0.25, 0.3) is 0 Å². The van der Waals surface area contributed by atoms with Crippen molar-refractivity contribution in [2.24, 2.45) is 5.16 Å². The molecule has 0 spiro atoms. The minimum atomic E-state index is -0.427. The first kappa shape index (κ1) is 16.5. The van der Waals surface area contributed by atoms with E-state index < -0.39 is 5.97 Å². The molecule has 0 fully saturated rings. The number of hydrogen-bond acceptors (Lipinski definition) is 6. The molecule has 0 aromatic heterocycles. The molecule has 0 bridgehead atoms. The summed E-state index contributed by atoms with van der Waals surface area (Å²) in [4.78, 5) is 16.6. The number of esters is 1. The van der Waals surface area contributed by atoms with E-state index in [-0.39, 0.29) is 12.7 Å². The average Bonchev–Trinajstić information content (AvgIpc) is 3.16. The first-order chi connectivity index (χ1) is 12.2. The Morgan fingerprint density at radius 3 is 2.60 bits per heavy atom. The predicted octanol–water partition coefficient (Wildman–Crippen LogP) is 2.98. The number of carbonyl (C=O) groups excluding carboxylic acids is 1. The van der Waals surface area contributed by atoms with Gasteiger partial charge in [0.15, 0.2) is 12.7 Å². The third kappa shape index (κ3) is 3.96. The molecule has 2 aromatic rings. The second-order valence-corrected chi connectivity index (χ2v) is 5.46. The summed E-state index contributed by atoms with van der Waals surface area (Å²) in [7, 11) is 1.32. The maximum absolute atomic E-state index is 11.1. The van der Waals surface area contributed by atoms with Crippen LogP contribution >= 0.6 is 0 Å². The molecule has 25 heavy (non-hydrogen) atoms. The fourth-order valence-electron chi connectivity index (χ4n) is 2.44. The number of oxime groups is 1. The van der Waals surface area contributed by atoms with Crippen molar-refractivity contribution in [3.8, 4) is 11.8 Å². The molecule has 0 radical (unpaired) electrons. The highest BCUT2D eigenvalue weighted by molar-refractivity contribution is 6.01. The molecule has 6 nitrogen and oxygen atoms in total. The van der Waals surface area contributed by atoms with E-state index in [9.17, 15) is 4.79 Å². The van der Waals surface area contributed by atoms with E-state index in [1.54, 1.807) is 24.3 Å².